The number of ether oxygens (including phenoxy) is 1. The Morgan fingerprint density at radius 3 is 2.68 bits per heavy atom. The van der Waals surface area contributed by atoms with Gasteiger partial charge in [-0.15, -0.1) is 0 Å². The maximum absolute atomic E-state index is 12.6. The van der Waals surface area contributed by atoms with Gasteiger partial charge in [0, 0.05) is 33.2 Å². The van der Waals surface area contributed by atoms with Gasteiger partial charge in [-0.3, -0.25) is 10.1 Å². The zero-order chi connectivity index (χ0) is 19.7. The van der Waals surface area contributed by atoms with Crippen molar-refractivity contribution in [1.29, 1.82) is 0 Å². The fraction of sp³-hybridized carbons (Fsp3) is 0.526. The average molecular weight is 404 g/mol. The van der Waals surface area contributed by atoms with Gasteiger partial charge in [0.25, 0.3) is 0 Å². The Hall–Kier alpha value is -2.55. The van der Waals surface area contributed by atoms with E-state index in [1.54, 1.807) is 19.1 Å². The van der Waals surface area contributed by atoms with Crippen molar-refractivity contribution < 1.29 is 14.3 Å². The lowest BCUT2D eigenvalue weighted by Gasteiger charge is -2.31. The van der Waals surface area contributed by atoms with Gasteiger partial charge in [-0.2, -0.15) is 0 Å². The number of aromatic nitrogens is 1. The number of piperazine rings is 1. The molecule has 2 aliphatic rings. The number of hydrogen-bond acceptors (Lipinski definition) is 6. The van der Waals surface area contributed by atoms with E-state index in [2.05, 4.69) is 21.3 Å². The molecule has 0 atom stereocenters. The van der Waals surface area contributed by atoms with Crippen LogP contribution in [-0.2, 0) is 4.79 Å². The standard InChI is InChI=1S/C19H25N5O3S/c1-22-10-11-24(12-15(22)25)19(26)21-18-20-16-14(27-2)7-6-13(17(16)28-18)23-8-4-3-5-9-23/h6-7H,3-5,8-12H2,1-2H3,(H,20,21,26). The van der Waals surface area contributed by atoms with Crippen molar-refractivity contribution in [2.24, 2.45) is 0 Å². The number of benzene rings is 1. The minimum Gasteiger partial charge on any atom is -0.494 e. The highest BCUT2D eigenvalue weighted by Gasteiger charge is 2.26. The largest absolute Gasteiger partial charge is 0.494 e. The van der Waals surface area contributed by atoms with Crippen LogP contribution in [0.3, 0.4) is 0 Å². The van der Waals surface area contributed by atoms with Crippen molar-refractivity contribution in [2.45, 2.75) is 19.3 Å². The highest BCUT2D eigenvalue weighted by molar-refractivity contribution is 7.23. The van der Waals surface area contributed by atoms with Gasteiger partial charge in [-0.05, 0) is 31.4 Å². The number of fused-ring (bicyclic) bond motifs is 1. The Labute approximate surface area is 168 Å². The molecule has 8 nitrogen and oxygen atoms in total. The predicted molar refractivity (Wildman–Crippen MR) is 110 cm³/mol. The molecule has 2 fully saturated rings. The summed E-state index contributed by atoms with van der Waals surface area (Å²) < 4.78 is 6.50. The number of anilines is 2. The number of amides is 3. The Kier molecular flexibility index (Phi) is 5.25. The van der Waals surface area contributed by atoms with Crippen LogP contribution in [0.5, 0.6) is 5.75 Å². The molecule has 0 saturated carbocycles. The van der Waals surface area contributed by atoms with Crippen LogP contribution in [0.4, 0.5) is 15.6 Å². The summed E-state index contributed by atoms with van der Waals surface area (Å²) in [6.45, 7) is 3.21. The van der Waals surface area contributed by atoms with E-state index in [-0.39, 0.29) is 18.5 Å². The van der Waals surface area contributed by atoms with Crippen LogP contribution >= 0.6 is 11.3 Å². The van der Waals surface area contributed by atoms with E-state index in [0.29, 0.717) is 24.0 Å². The smallest absolute Gasteiger partial charge is 0.324 e. The lowest BCUT2D eigenvalue weighted by Crippen LogP contribution is -2.51. The predicted octanol–water partition coefficient (Wildman–Crippen LogP) is 2.60. The summed E-state index contributed by atoms with van der Waals surface area (Å²) in [7, 11) is 3.38. The number of carbonyl (C=O) groups is 2. The zero-order valence-corrected chi connectivity index (χ0v) is 17.0. The molecule has 1 aromatic carbocycles. The Morgan fingerprint density at radius 2 is 1.96 bits per heavy atom. The molecule has 28 heavy (non-hydrogen) atoms. The van der Waals surface area contributed by atoms with Crippen LogP contribution in [0.2, 0.25) is 0 Å². The topological polar surface area (TPSA) is 78.0 Å². The molecule has 0 unspecified atom stereocenters. The summed E-state index contributed by atoms with van der Waals surface area (Å²) in [4.78, 5) is 34.6. The number of likely N-dealkylation sites (N-methyl/N-ethyl adjacent to an activating group) is 1. The highest BCUT2D eigenvalue weighted by atomic mass is 32.1. The van der Waals surface area contributed by atoms with Crippen LogP contribution < -0.4 is 15.0 Å². The summed E-state index contributed by atoms with van der Waals surface area (Å²) in [6, 6.07) is 3.73. The minimum atomic E-state index is -0.293. The van der Waals surface area contributed by atoms with Crippen molar-refractivity contribution in [3.8, 4) is 5.75 Å². The van der Waals surface area contributed by atoms with Crippen LogP contribution in [0.1, 0.15) is 19.3 Å². The van der Waals surface area contributed by atoms with Crippen LogP contribution in [0, 0.1) is 0 Å². The highest BCUT2D eigenvalue weighted by Crippen LogP contribution is 2.40. The summed E-state index contributed by atoms with van der Waals surface area (Å²) in [5.41, 5.74) is 1.91. The molecule has 2 aliphatic heterocycles. The molecule has 3 heterocycles. The van der Waals surface area contributed by atoms with Gasteiger partial charge in [0.05, 0.1) is 17.5 Å². The third-order valence-corrected chi connectivity index (χ3v) is 6.35. The lowest BCUT2D eigenvalue weighted by atomic mass is 10.1. The van der Waals surface area contributed by atoms with E-state index in [9.17, 15) is 9.59 Å². The van der Waals surface area contributed by atoms with Crippen molar-refractivity contribution in [3.63, 3.8) is 0 Å². The number of nitrogens with zero attached hydrogens (tertiary/aromatic N) is 4. The fourth-order valence-corrected chi connectivity index (χ4v) is 4.69. The molecule has 150 valence electrons. The number of thiazole rings is 1. The molecule has 0 aliphatic carbocycles. The molecule has 0 bridgehead atoms. The summed E-state index contributed by atoms with van der Waals surface area (Å²) in [6.07, 6.45) is 3.64. The van der Waals surface area contributed by atoms with Gasteiger partial charge in [-0.25, -0.2) is 9.78 Å². The number of carbonyl (C=O) groups excluding carboxylic acids is 2. The van der Waals surface area contributed by atoms with E-state index < -0.39 is 0 Å². The molecule has 1 aromatic heterocycles. The average Bonchev–Trinajstić information content (AvgIpc) is 3.13. The lowest BCUT2D eigenvalue weighted by molar-refractivity contribution is -0.133. The maximum atomic E-state index is 12.6. The van der Waals surface area contributed by atoms with E-state index >= 15 is 0 Å². The molecule has 9 heteroatoms. The first-order valence-electron chi connectivity index (χ1n) is 9.59. The second kappa shape index (κ2) is 7.83. The number of methoxy groups -OCH3 is 1. The van der Waals surface area contributed by atoms with Gasteiger partial charge in [-0.1, -0.05) is 11.3 Å². The molecule has 0 radical (unpaired) electrons. The van der Waals surface area contributed by atoms with Gasteiger partial charge in [0.2, 0.25) is 5.91 Å². The number of urea groups is 1. The van der Waals surface area contributed by atoms with Gasteiger partial charge >= 0.3 is 6.03 Å². The molecular weight excluding hydrogens is 378 g/mol. The third-order valence-electron chi connectivity index (χ3n) is 5.36. The molecule has 2 aromatic rings. The normalized spacial score (nSPS) is 17.9. The van der Waals surface area contributed by atoms with Crippen LogP contribution in [0.25, 0.3) is 10.2 Å². The summed E-state index contributed by atoms with van der Waals surface area (Å²) >= 11 is 1.45. The number of hydrogen-bond donors (Lipinski definition) is 1. The van der Waals surface area contributed by atoms with E-state index in [1.165, 1.54) is 35.5 Å². The molecule has 1 N–H and O–H groups in total. The second-order valence-electron chi connectivity index (χ2n) is 7.20. The minimum absolute atomic E-state index is 0.0558. The van der Waals surface area contributed by atoms with Crippen molar-refractivity contribution in [1.82, 2.24) is 14.8 Å². The van der Waals surface area contributed by atoms with Crippen molar-refractivity contribution >= 4 is 44.3 Å². The summed E-state index contributed by atoms with van der Waals surface area (Å²) in [5.74, 6) is 0.641. The van der Waals surface area contributed by atoms with Gasteiger partial charge < -0.3 is 19.4 Å². The number of piperidine rings is 1. The van der Waals surface area contributed by atoms with E-state index in [4.69, 9.17) is 4.74 Å². The van der Waals surface area contributed by atoms with Crippen LogP contribution in [0.15, 0.2) is 12.1 Å². The first-order valence-corrected chi connectivity index (χ1v) is 10.4. The molecule has 4 rings (SSSR count). The SMILES string of the molecule is COc1ccc(N2CCCCC2)c2sc(NC(=O)N3CCN(C)C(=O)C3)nc12. The number of rotatable bonds is 3. The molecule has 3 amide bonds. The van der Waals surface area contributed by atoms with Crippen molar-refractivity contribution in [2.75, 3.05) is 57.1 Å². The zero-order valence-electron chi connectivity index (χ0n) is 16.2. The third kappa shape index (κ3) is 3.58. The Morgan fingerprint density at radius 1 is 1.18 bits per heavy atom. The van der Waals surface area contributed by atoms with E-state index in [0.717, 1.165) is 29.0 Å². The van der Waals surface area contributed by atoms with Gasteiger partial charge in [0.15, 0.2) is 5.13 Å². The maximum Gasteiger partial charge on any atom is 0.324 e. The Bertz CT molecular complexity index is 893. The van der Waals surface area contributed by atoms with Crippen molar-refractivity contribution in [3.05, 3.63) is 12.1 Å². The number of nitrogens with one attached hydrogen (secondary N) is 1. The van der Waals surface area contributed by atoms with Crippen LogP contribution in [-0.4, -0.2) is 73.6 Å². The first kappa shape index (κ1) is 18.8. The molecular formula is C19H25N5O3S. The fourth-order valence-electron chi connectivity index (χ4n) is 3.67. The van der Waals surface area contributed by atoms with Gasteiger partial charge in [0.1, 0.15) is 17.8 Å². The van der Waals surface area contributed by atoms with E-state index in [1.807, 2.05) is 6.07 Å². The molecule has 2 saturated heterocycles. The second-order valence-corrected chi connectivity index (χ2v) is 8.20. The summed E-state index contributed by atoms with van der Waals surface area (Å²) in [5, 5.41) is 3.39. The molecule has 0 spiro atoms. The Balaban J connectivity index is 1.59. The monoisotopic (exact) mass is 403 g/mol. The first-order chi connectivity index (χ1) is 13.6. The quantitative estimate of drug-likeness (QED) is 0.852.